The van der Waals surface area contributed by atoms with E-state index < -0.39 is 10.0 Å². The van der Waals surface area contributed by atoms with Crippen molar-refractivity contribution in [1.29, 1.82) is 0 Å². The van der Waals surface area contributed by atoms with E-state index in [4.69, 9.17) is 9.47 Å². The summed E-state index contributed by atoms with van der Waals surface area (Å²) in [4.78, 5) is 0.135. The number of aryl methyl sites for hydroxylation is 1. The Labute approximate surface area is 148 Å². The van der Waals surface area contributed by atoms with Crippen LogP contribution in [0.4, 0.5) is 0 Å². The van der Waals surface area contributed by atoms with Crippen LogP contribution < -0.4 is 9.47 Å². The Bertz CT molecular complexity index is 847. The standard InChI is InChI=1S/C17H23N3O4S/c1-12-10-18-19-17(12)13-5-4-8-20(11-13)25(21,22)16-9-14(23-2)6-7-15(16)24-3/h6-7,9-10,13H,4-5,8,11H2,1-3H3,(H,18,19)/t13-/m1/s1. The number of nitrogens with zero attached hydrogens (tertiary/aromatic N) is 2. The van der Waals surface area contributed by atoms with Gasteiger partial charge in [0.15, 0.2) is 0 Å². The lowest BCUT2D eigenvalue weighted by Crippen LogP contribution is -2.39. The SMILES string of the molecule is COc1ccc(OC)c(S(=O)(=O)N2CCC[C@@H](c3[nH]ncc3C)C2)c1. The Balaban J connectivity index is 1.93. The summed E-state index contributed by atoms with van der Waals surface area (Å²) >= 11 is 0. The maximum atomic E-state index is 13.2. The van der Waals surface area contributed by atoms with Crippen LogP contribution in [-0.4, -0.2) is 50.2 Å². The molecule has 1 aliphatic rings. The number of hydrogen-bond acceptors (Lipinski definition) is 5. The van der Waals surface area contributed by atoms with Gasteiger partial charge in [0.1, 0.15) is 16.4 Å². The van der Waals surface area contributed by atoms with E-state index in [2.05, 4.69) is 10.2 Å². The molecule has 1 aromatic heterocycles. The number of aromatic nitrogens is 2. The van der Waals surface area contributed by atoms with Gasteiger partial charge in [0.05, 0.1) is 20.4 Å². The molecular weight excluding hydrogens is 342 g/mol. The molecule has 1 aliphatic heterocycles. The van der Waals surface area contributed by atoms with Gasteiger partial charge in [-0.15, -0.1) is 0 Å². The third-order valence-electron chi connectivity index (χ3n) is 4.65. The van der Waals surface area contributed by atoms with Crippen molar-refractivity contribution in [3.05, 3.63) is 35.7 Å². The molecule has 0 unspecified atom stereocenters. The average molecular weight is 365 g/mol. The quantitative estimate of drug-likeness (QED) is 0.879. The van der Waals surface area contributed by atoms with Crippen molar-refractivity contribution in [1.82, 2.24) is 14.5 Å². The van der Waals surface area contributed by atoms with Crippen LogP contribution >= 0.6 is 0 Å². The second-order valence-corrected chi connectivity index (χ2v) is 8.09. The van der Waals surface area contributed by atoms with E-state index in [-0.39, 0.29) is 10.8 Å². The minimum absolute atomic E-state index is 0.114. The molecule has 1 aromatic carbocycles. The molecule has 0 aliphatic carbocycles. The van der Waals surface area contributed by atoms with Gasteiger partial charge in [-0.3, -0.25) is 5.10 Å². The van der Waals surface area contributed by atoms with Gasteiger partial charge < -0.3 is 9.47 Å². The summed E-state index contributed by atoms with van der Waals surface area (Å²) in [5.41, 5.74) is 2.07. The fraction of sp³-hybridized carbons (Fsp3) is 0.471. The van der Waals surface area contributed by atoms with Gasteiger partial charge in [-0.2, -0.15) is 9.40 Å². The van der Waals surface area contributed by atoms with Crippen LogP contribution in [0.5, 0.6) is 11.5 Å². The molecule has 1 saturated heterocycles. The number of rotatable bonds is 5. The normalized spacial score (nSPS) is 18.9. The van der Waals surface area contributed by atoms with Crippen LogP contribution in [0, 0.1) is 6.92 Å². The number of sulfonamides is 1. The first kappa shape index (κ1) is 17.8. The van der Waals surface area contributed by atoms with Gasteiger partial charge in [0.25, 0.3) is 0 Å². The average Bonchev–Trinajstić information content (AvgIpc) is 3.07. The van der Waals surface area contributed by atoms with Crippen LogP contribution in [0.2, 0.25) is 0 Å². The summed E-state index contributed by atoms with van der Waals surface area (Å²) in [6.45, 7) is 2.90. The van der Waals surface area contributed by atoms with Crippen molar-refractivity contribution in [2.75, 3.05) is 27.3 Å². The number of benzene rings is 1. The molecule has 8 heteroatoms. The van der Waals surface area contributed by atoms with Crippen molar-refractivity contribution >= 4 is 10.0 Å². The van der Waals surface area contributed by atoms with Gasteiger partial charge >= 0.3 is 0 Å². The highest BCUT2D eigenvalue weighted by atomic mass is 32.2. The van der Waals surface area contributed by atoms with Gasteiger partial charge in [0.2, 0.25) is 10.0 Å². The first-order valence-electron chi connectivity index (χ1n) is 8.19. The fourth-order valence-corrected chi connectivity index (χ4v) is 4.99. The summed E-state index contributed by atoms with van der Waals surface area (Å²) in [5, 5.41) is 7.07. The van der Waals surface area contributed by atoms with E-state index in [9.17, 15) is 8.42 Å². The minimum Gasteiger partial charge on any atom is -0.497 e. The molecule has 136 valence electrons. The summed E-state index contributed by atoms with van der Waals surface area (Å²) in [5.74, 6) is 0.917. The van der Waals surface area contributed by atoms with Crippen molar-refractivity contribution in [2.45, 2.75) is 30.6 Å². The van der Waals surface area contributed by atoms with Gasteiger partial charge in [-0.1, -0.05) is 0 Å². The van der Waals surface area contributed by atoms with Crippen molar-refractivity contribution in [3.63, 3.8) is 0 Å². The number of ether oxygens (including phenoxy) is 2. The number of piperidine rings is 1. The Morgan fingerprint density at radius 2 is 2.08 bits per heavy atom. The molecule has 0 spiro atoms. The second kappa shape index (κ2) is 7.05. The topological polar surface area (TPSA) is 84.5 Å². The molecule has 3 rings (SSSR count). The summed E-state index contributed by atoms with van der Waals surface area (Å²) in [6, 6.07) is 4.82. The number of H-pyrrole nitrogens is 1. The molecule has 0 bridgehead atoms. The zero-order valence-electron chi connectivity index (χ0n) is 14.7. The Hall–Kier alpha value is -2.06. The summed E-state index contributed by atoms with van der Waals surface area (Å²) < 4.78 is 38.4. The van der Waals surface area contributed by atoms with Crippen molar-refractivity contribution in [3.8, 4) is 11.5 Å². The molecule has 25 heavy (non-hydrogen) atoms. The first-order valence-corrected chi connectivity index (χ1v) is 9.63. The molecule has 0 radical (unpaired) electrons. The first-order chi connectivity index (χ1) is 12.0. The lowest BCUT2D eigenvalue weighted by atomic mass is 9.94. The molecule has 0 saturated carbocycles. The summed E-state index contributed by atoms with van der Waals surface area (Å²) in [7, 11) is -0.704. The van der Waals surface area contributed by atoms with Crippen LogP contribution in [0.1, 0.15) is 30.0 Å². The highest BCUT2D eigenvalue weighted by Crippen LogP contribution is 2.35. The van der Waals surface area contributed by atoms with Crippen molar-refractivity contribution in [2.24, 2.45) is 0 Å². The Kier molecular flexibility index (Phi) is 5.01. The van der Waals surface area contributed by atoms with E-state index in [1.54, 1.807) is 18.3 Å². The number of hydrogen-bond donors (Lipinski definition) is 1. The zero-order valence-corrected chi connectivity index (χ0v) is 15.5. The van der Waals surface area contributed by atoms with Gasteiger partial charge in [0, 0.05) is 30.8 Å². The zero-order chi connectivity index (χ0) is 18.0. The summed E-state index contributed by atoms with van der Waals surface area (Å²) in [6.07, 6.45) is 3.51. The third-order valence-corrected chi connectivity index (χ3v) is 6.54. The Morgan fingerprint density at radius 3 is 2.72 bits per heavy atom. The monoisotopic (exact) mass is 365 g/mol. The molecule has 1 N–H and O–H groups in total. The van der Waals surface area contributed by atoms with Crippen LogP contribution in [0.25, 0.3) is 0 Å². The maximum Gasteiger partial charge on any atom is 0.246 e. The largest absolute Gasteiger partial charge is 0.497 e. The molecule has 1 atom stereocenters. The fourth-order valence-electron chi connectivity index (χ4n) is 3.29. The smallest absolute Gasteiger partial charge is 0.246 e. The maximum absolute atomic E-state index is 13.2. The van der Waals surface area contributed by atoms with E-state index in [0.29, 0.717) is 24.6 Å². The highest BCUT2D eigenvalue weighted by molar-refractivity contribution is 7.89. The number of aromatic amines is 1. The molecule has 0 amide bonds. The minimum atomic E-state index is -3.68. The van der Waals surface area contributed by atoms with Crippen molar-refractivity contribution < 1.29 is 17.9 Å². The van der Waals surface area contributed by atoms with E-state index in [1.165, 1.54) is 24.6 Å². The molecule has 2 heterocycles. The molecule has 1 fully saturated rings. The van der Waals surface area contributed by atoms with E-state index in [0.717, 1.165) is 24.1 Å². The third kappa shape index (κ3) is 3.36. The molecule has 2 aromatic rings. The predicted molar refractivity (Wildman–Crippen MR) is 93.6 cm³/mol. The van der Waals surface area contributed by atoms with Crippen LogP contribution in [0.3, 0.4) is 0 Å². The van der Waals surface area contributed by atoms with Crippen LogP contribution in [-0.2, 0) is 10.0 Å². The molecular formula is C17H23N3O4S. The number of nitrogens with one attached hydrogen (secondary N) is 1. The Morgan fingerprint density at radius 1 is 1.28 bits per heavy atom. The predicted octanol–water partition coefficient (Wildman–Crippen LogP) is 2.30. The second-order valence-electron chi connectivity index (χ2n) is 6.19. The highest BCUT2D eigenvalue weighted by Gasteiger charge is 2.34. The van der Waals surface area contributed by atoms with Gasteiger partial charge in [-0.05, 0) is 37.5 Å². The lowest BCUT2D eigenvalue weighted by molar-refractivity contribution is 0.309. The van der Waals surface area contributed by atoms with Gasteiger partial charge in [-0.25, -0.2) is 8.42 Å². The van der Waals surface area contributed by atoms with Crippen LogP contribution in [0.15, 0.2) is 29.3 Å². The molecule has 7 nitrogen and oxygen atoms in total. The van der Waals surface area contributed by atoms with E-state index in [1.807, 2.05) is 6.92 Å². The lowest BCUT2D eigenvalue weighted by Gasteiger charge is -2.32. The number of methoxy groups -OCH3 is 2. The van der Waals surface area contributed by atoms with E-state index >= 15 is 0 Å².